The predicted molar refractivity (Wildman–Crippen MR) is 129 cm³/mol. The number of rotatable bonds is 9. The number of aromatic nitrogens is 2. The highest BCUT2D eigenvalue weighted by Crippen LogP contribution is 2.40. The van der Waals surface area contributed by atoms with E-state index in [9.17, 15) is 14.9 Å². The number of anilines is 1. The maximum Gasteiger partial charge on any atom is 0.340 e. The van der Waals surface area contributed by atoms with Gasteiger partial charge < -0.3 is 14.8 Å². The highest BCUT2D eigenvalue weighted by molar-refractivity contribution is 7.98. The lowest BCUT2D eigenvalue weighted by Crippen LogP contribution is -2.15. The van der Waals surface area contributed by atoms with Gasteiger partial charge in [0.1, 0.15) is 28.5 Å². The number of thioether (sulfide) groups is 1. The molecule has 3 aromatic rings. The lowest BCUT2D eigenvalue weighted by Gasteiger charge is -2.10. The number of esters is 1. The first kappa shape index (κ1) is 23.7. The fourth-order valence-corrected chi connectivity index (χ4v) is 4.67. The molecule has 0 atom stereocenters. The summed E-state index contributed by atoms with van der Waals surface area (Å²) in [4.78, 5) is 34.1. The average molecular weight is 495 g/mol. The first-order valence-electron chi connectivity index (χ1n) is 10.5. The molecule has 2 aromatic heterocycles. The van der Waals surface area contributed by atoms with Gasteiger partial charge in [-0.3, -0.25) is 4.79 Å². The molecule has 0 bridgehead atoms. The van der Waals surface area contributed by atoms with Gasteiger partial charge in [0, 0.05) is 17.0 Å². The van der Waals surface area contributed by atoms with Crippen LogP contribution < -0.4 is 10.1 Å². The Morgan fingerprint density at radius 2 is 2.09 bits per heavy atom. The lowest BCUT2D eigenvalue weighted by molar-refractivity contribution is -0.115. The minimum absolute atomic E-state index is 0.0516. The summed E-state index contributed by atoms with van der Waals surface area (Å²) in [6, 6.07) is 10.9. The molecular formula is C24H22N4O4S2. The van der Waals surface area contributed by atoms with E-state index in [1.807, 2.05) is 18.4 Å². The predicted octanol–water partition coefficient (Wildman–Crippen LogP) is 4.56. The van der Waals surface area contributed by atoms with Gasteiger partial charge in [-0.25, -0.2) is 14.8 Å². The molecule has 4 rings (SSSR count). The highest BCUT2D eigenvalue weighted by Gasteiger charge is 2.29. The van der Waals surface area contributed by atoms with Crippen molar-refractivity contribution in [1.82, 2.24) is 9.97 Å². The number of nitriles is 1. The molecule has 0 saturated heterocycles. The smallest absolute Gasteiger partial charge is 0.340 e. The molecule has 1 aliphatic carbocycles. The van der Waals surface area contributed by atoms with Crippen molar-refractivity contribution in [3.63, 3.8) is 0 Å². The monoisotopic (exact) mass is 494 g/mol. The second-order valence-electron chi connectivity index (χ2n) is 7.60. The van der Waals surface area contributed by atoms with Crippen LogP contribution in [0.1, 0.15) is 51.1 Å². The number of para-hydroxylation sites is 2. The standard InChI is InChI=1S/C24H22N4O4S2/c1-31-20-6-4-3-5-18(20)27-21(29)10-22-26-15(13-34-22)12-32-24(30)16-9-19(14-7-8-14)28-23(33-2)17(16)11-25/h3-6,9,13-14H,7-8,10,12H2,1-2H3,(H,27,29). The van der Waals surface area contributed by atoms with Crippen molar-refractivity contribution in [2.24, 2.45) is 0 Å². The molecule has 1 aromatic carbocycles. The SMILES string of the molecule is COc1ccccc1NC(=O)Cc1nc(COC(=O)c2cc(C3CC3)nc(SC)c2C#N)cs1. The quantitative estimate of drug-likeness (QED) is 0.340. The van der Waals surface area contributed by atoms with Crippen LogP contribution in [0.25, 0.3) is 0 Å². The largest absolute Gasteiger partial charge is 0.495 e. The Balaban J connectivity index is 1.38. The molecular weight excluding hydrogens is 472 g/mol. The Morgan fingerprint density at radius 1 is 1.29 bits per heavy atom. The summed E-state index contributed by atoms with van der Waals surface area (Å²) in [5.41, 5.74) is 2.41. The fourth-order valence-electron chi connectivity index (χ4n) is 3.34. The molecule has 1 saturated carbocycles. The van der Waals surface area contributed by atoms with Gasteiger partial charge in [0.15, 0.2) is 0 Å². The van der Waals surface area contributed by atoms with Gasteiger partial charge in [0.25, 0.3) is 0 Å². The van der Waals surface area contributed by atoms with Gasteiger partial charge in [-0.2, -0.15) is 5.26 Å². The number of pyridine rings is 1. The van der Waals surface area contributed by atoms with Crippen molar-refractivity contribution in [2.45, 2.75) is 36.8 Å². The molecule has 2 heterocycles. The number of nitrogens with zero attached hydrogens (tertiary/aromatic N) is 3. The van der Waals surface area contributed by atoms with Crippen LogP contribution in [0.3, 0.4) is 0 Å². The van der Waals surface area contributed by atoms with Crippen molar-refractivity contribution in [3.05, 3.63) is 63.2 Å². The molecule has 1 fully saturated rings. The fraction of sp³-hybridized carbons (Fsp3) is 0.292. The van der Waals surface area contributed by atoms with E-state index < -0.39 is 5.97 Å². The van der Waals surface area contributed by atoms with Gasteiger partial charge in [0.2, 0.25) is 5.91 Å². The number of thiazole rings is 1. The number of carbonyl (C=O) groups excluding carboxylic acids is 2. The molecule has 174 valence electrons. The molecule has 10 heteroatoms. The maximum absolute atomic E-state index is 12.8. The number of methoxy groups -OCH3 is 1. The first-order chi connectivity index (χ1) is 16.5. The van der Waals surface area contributed by atoms with Crippen LogP contribution in [-0.2, 0) is 22.6 Å². The summed E-state index contributed by atoms with van der Waals surface area (Å²) in [5.74, 6) is 0.105. The molecule has 1 N–H and O–H groups in total. The number of hydrogen-bond acceptors (Lipinski definition) is 9. The lowest BCUT2D eigenvalue weighted by atomic mass is 10.1. The maximum atomic E-state index is 12.8. The van der Waals surface area contributed by atoms with Gasteiger partial charge in [-0.05, 0) is 37.3 Å². The molecule has 0 aliphatic heterocycles. The zero-order valence-electron chi connectivity index (χ0n) is 18.7. The van der Waals surface area contributed by atoms with E-state index in [-0.39, 0.29) is 30.1 Å². The zero-order chi connectivity index (χ0) is 24.1. The number of ether oxygens (including phenoxy) is 2. The number of hydrogen-bond donors (Lipinski definition) is 1. The molecule has 1 amide bonds. The summed E-state index contributed by atoms with van der Waals surface area (Å²) in [5, 5.41) is 15.3. The second kappa shape index (κ2) is 10.7. The molecule has 1 aliphatic rings. The molecule has 0 unspecified atom stereocenters. The van der Waals surface area contributed by atoms with Gasteiger partial charge >= 0.3 is 5.97 Å². The Labute approximate surface area is 205 Å². The molecule has 8 nitrogen and oxygen atoms in total. The third kappa shape index (κ3) is 5.55. The Bertz CT molecular complexity index is 1260. The summed E-state index contributed by atoms with van der Waals surface area (Å²) in [6.07, 6.45) is 3.98. The molecule has 0 radical (unpaired) electrons. The van der Waals surface area contributed by atoms with Crippen LogP contribution in [0.2, 0.25) is 0 Å². The summed E-state index contributed by atoms with van der Waals surface area (Å²) in [6.45, 7) is -0.0516. The number of benzene rings is 1. The van der Waals surface area contributed by atoms with E-state index in [1.54, 1.807) is 30.7 Å². The van der Waals surface area contributed by atoms with Crippen molar-refractivity contribution >= 4 is 40.7 Å². The third-order valence-corrected chi connectivity index (χ3v) is 6.75. The Kier molecular flexibility index (Phi) is 7.45. The van der Waals surface area contributed by atoms with Crippen LogP contribution in [0, 0.1) is 11.3 Å². The molecule has 34 heavy (non-hydrogen) atoms. The number of carbonyl (C=O) groups is 2. The van der Waals surface area contributed by atoms with Crippen LogP contribution in [0.5, 0.6) is 5.75 Å². The minimum atomic E-state index is -0.584. The van der Waals surface area contributed by atoms with E-state index in [4.69, 9.17) is 9.47 Å². The van der Waals surface area contributed by atoms with Gasteiger partial charge in [-0.1, -0.05) is 12.1 Å². The van der Waals surface area contributed by atoms with Crippen LogP contribution in [0.15, 0.2) is 40.7 Å². The minimum Gasteiger partial charge on any atom is -0.495 e. The van der Waals surface area contributed by atoms with Crippen molar-refractivity contribution in [2.75, 3.05) is 18.7 Å². The number of amides is 1. The summed E-state index contributed by atoms with van der Waals surface area (Å²) < 4.78 is 10.7. The van der Waals surface area contributed by atoms with E-state index in [0.29, 0.717) is 33.1 Å². The van der Waals surface area contributed by atoms with Crippen molar-refractivity contribution < 1.29 is 19.1 Å². The average Bonchev–Trinajstić information content (AvgIpc) is 3.61. The van der Waals surface area contributed by atoms with E-state index in [1.165, 1.54) is 23.1 Å². The highest BCUT2D eigenvalue weighted by atomic mass is 32.2. The van der Waals surface area contributed by atoms with Crippen LogP contribution in [0.4, 0.5) is 5.69 Å². The Morgan fingerprint density at radius 3 is 2.79 bits per heavy atom. The Hall–Kier alpha value is -3.42. The van der Waals surface area contributed by atoms with Crippen LogP contribution >= 0.6 is 23.1 Å². The topological polar surface area (TPSA) is 114 Å². The number of nitrogens with one attached hydrogen (secondary N) is 1. The van der Waals surface area contributed by atoms with E-state index in [2.05, 4.69) is 21.4 Å². The normalized spacial score (nSPS) is 12.6. The van der Waals surface area contributed by atoms with Crippen molar-refractivity contribution in [1.29, 1.82) is 5.26 Å². The zero-order valence-corrected chi connectivity index (χ0v) is 20.3. The van der Waals surface area contributed by atoms with Gasteiger partial charge in [-0.15, -0.1) is 23.1 Å². The third-order valence-electron chi connectivity index (χ3n) is 5.17. The molecule has 0 spiro atoms. The van der Waals surface area contributed by atoms with Crippen LogP contribution in [-0.4, -0.2) is 35.2 Å². The summed E-state index contributed by atoms with van der Waals surface area (Å²) in [7, 11) is 1.54. The van der Waals surface area contributed by atoms with Crippen molar-refractivity contribution in [3.8, 4) is 11.8 Å². The van der Waals surface area contributed by atoms with Gasteiger partial charge in [0.05, 0.1) is 36.0 Å². The first-order valence-corrected chi connectivity index (χ1v) is 12.6. The van der Waals surface area contributed by atoms with E-state index >= 15 is 0 Å². The van der Waals surface area contributed by atoms with E-state index in [0.717, 1.165) is 18.5 Å². The summed E-state index contributed by atoms with van der Waals surface area (Å²) >= 11 is 2.65. The second-order valence-corrected chi connectivity index (χ2v) is 9.34.